The van der Waals surface area contributed by atoms with E-state index in [2.05, 4.69) is 37.4 Å². The van der Waals surface area contributed by atoms with E-state index in [0.29, 0.717) is 6.61 Å². The third kappa shape index (κ3) is 5.38. The highest BCUT2D eigenvalue weighted by atomic mass is 16.5. The monoisotopic (exact) mass is 285 g/mol. The van der Waals surface area contributed by atoms with Gasteiger partial charge in [-0.05, 0) is 55.3 Å². The smallest absolute Gasteiger partial charge is 0.119 e. The van der Waals surface area contributed by atoms with E-state index >= 15 is 0 Å². The zero-order valence-electron chi connectivity index (χ0n) is 12.8. The van der Waals surface area contributed by atoms with Gasteiger partial charge in [0.2, 0.25) is 0 Å². The van der Waals surface area contributed by atoms with Gasteiger partial charge in [0.1, 0.15) is 18.1 Å². The molecule has 1 N–H and O–H groups in total. The van der Waals surface area contributed by atoms with Gasteiger partial charge in [0, 0.05) is 12.2 Å². The summed E-state index contributed by atoms with van der Waals surface area (Å²) >= 11 is 0. The summed E-state index contributed by atoms with van der Waals surface area (Å²) in [4.78, 5) is 0. The van der Waals surface area contributed by atoms with Crippen molar-refractivity contribution in [2.75, 3.05) is 25.1 Å². The molecule has 3 nitrogen and oxygen atoms in total. The number of anilines is 1. The van der Waals surface area contributed by atoms with Gasteiger partial charge in [-0.2, -0.15) is 0 Å². The van der Waals surface area contributed by atoms with Crippen LogP contribution in [-0.2, 0) is 0 Å². The van der Waals surface area contributed by atoms with Crippen molar-refractivity contribution in [3.63, 3.8) is 0 Å². The van der Waals surface area contributed by atoms with Gasteiger partial charge in [0.15, 0.2) is 0 Å². The van der Waals surface area contributed by atoms with E-state index in [1.54, 1.807) is 0 Å². The van der Waals surface area contributed by atoms with Gasteiger partial charge in [0.05, 0.1) is 6.61 Å². The Bertz CT molecular complexity index is 537. The van der Waals surface area contributed by atoms with Gasteiger partial charge in [-0.25, -0.2) is 0 Å². The Kier molecular flexibility index (Phi) is 5.95. The predicted molar refractivity (Wildman–Crippen MR) is 87.4 cm³/mol. The van der Waals surface area contributed by atoms with Crippen molar-refractivity contribution in [3.8, 4) is 11.5 Å². The lowest BCUT2D eigenvalue weighted by Crippen LogP contribution is -2.11. The van der Waals surface area contributed by atoms with Crippen LogP contribution in [0.1, 0.15) is 18.9 Å². The van der Waals surface area contributed by atoms with Crippen LogP contribution in [0, 0.1) is 6.92 Å². The van der Waals surface area contributed by atoms with E-state index in [1.807, 2.05) is 30.3 Å². The Morgan fingerprint density at radius 2 is 1.57 bits per heavy atom. The quantitative estimate of drug-likeness (QED) is 0.735. The molecule has 0 atom stereocenters. The van der Waals surface area contributed by atoms with Crippen molar-refractivity contribution in [2.24, 2.45) is 0 Å². The first-order valence-corrected chi connectivity index (χ1v) is 7.44. The number of ether oxygens (including phenoxy) is 2. The normalized spacial score (nSPS) is 10.2. The largest absolute Gasteiger partial charge is 0.494 e. The third-order valence-corrected chi connectivity index (χ3v) is 3.01. The first-order valence-electron chi connectivity index (χ1n) is 7.44. The zero-order valence-corrected chi connectivity index (χ0v) is 12.8. The lowest BCUT2D eigenvalue weighted by Gasteiger charge is -2.10. The van der Waals surface area contributed by atoms with Gasteiger partial charge in [-0.1, -0.05) is 19.1 Å². The summed E-state index contributed by atoms with van der Waals surface area (Å²) in [6, 6.07) is 16.1. The number of nitrogens with one attached hydrogen (secondary N) is 1. The summed E-state index contributed by atoms with van der Waals surface area (Å²) in [6.45, 7) is 6.34. The number of benzene rings is 2. The average molecular weight is 285 g/mol. The van der Waals surface area contributed by atoms with Gasteiger partial charge < -0.3 is 14.8 Å². The Balaban J connectivity index is 1.71. The van der Waals surface area contributed by atoms with Crippen LogP contribution < -0.4 is 14.8 Å². The summed E-state index contributed by atoms with van der Waals surface area (Å²) in [5.41, 5.74) is 2.38. The molecule has 0 aromatic heterocycles. The maximum atomic E-state index is 5.70. The summed E-state index contributed by atoms with van der Waals surface area (Å²) in [5, 5.41) is 3.35. The van der Waals surface area contributed by atoms with Gasteiger partial charge in [-0.15, -0.1) is 0 Å². The average Bonchev–Trinajstić information content (AvgIpc) is 2.51. The molecule has 2 aromatic rings. The van der Waals surface area contributed by atoms with Crippen LogP contribution in [0.15, 0.2) is 48.5 Å². The lowest BCUT2D eigenvalue weighted by atomic mass is 10.2. The van der Waals surface area contributed by atoms with Crippen LogP contribution in [0.3, 0.4) is 0 Å². The molecule has 0 saturated carbocycles. The van der Waals surface area contributed by atoms with E-state index in [4.69, 9.17) is 9.47 Å². The second-order valence-corrected chi connectivity index (χ2v) is 4.96. The number of hydrogen-bond donors (Lipinski definition) is 1. The highest BCUT2D eigenvalue weighted by molar-refractivity contribution is 5.45. The molecule has 21 heavy (non-hydrogen) atoms. The lowest BCUT2D eigenvalue weighted by molar-refractivity contribution is 0.313. The maximum absolute atomic E-state index is 5.70. The molecule has 112 valence electrons. The Morgan fingerprint density at radius 3 is 2.19 bits per heavy atom. The van der Waals surface area contributed by atoms with Gasteiger partial charge in [-0.3, -0.25) is 0 Å². The fourth-order valence-corrected chi connectivity index (χ4v) is 1.97. The molecule has 0 spiro atoms. The van der Waals surface area contributed by atoms with E-state index in [0.717, 1.165) is 36.8 Å². The van der Waals surface area contributed by atoms with Gasteiger partial charge in [0.25, 0.3) is 0 Å². The molecule has 2 rings (SSSR count). The minimum Gasteiger partial charge on any atom is -0.494 e. The second kappa shape index (κ2) is 8.20. The first kappa shape index (κ1) is 15.2. The summed E-state index contributed by atoms with van der Waals surface area (Å²) in [6.07, 6.45) is 1.02. The van der Waals surface area contributed by atoms with Crippen molar-refractivity contribution in [3.05, 3.63) is 54.1 Å². The highest BCUT2D eigenvalue weighted by Gasteiger charge is 1.97. The summed E-state index contributed by atoms with van der Waals surface area (Å²) in [7, 11) is 0. The number of hydrogen-bond acceptors (Lipinski definition) is 3. The Hall–Kier alpha value is -2.16. The fourth-order valence-electron chi connectivity index (χ4n) is 1.97. The molecule has 0 aliphatic carbocycles. The van der Waals surface area contributed by atoms with Crippen LogP contribution in [-0.4, -0.2) is 19.8 Å². The SMILES string of the molecule is CCCOc1ccc(OCCNc2cccc(C)c2)cc1. The fraction of sp³-hybridized carbons (Fsp3) is 0.333. The van der Waals surface area contributed by atoms with E-state index < -0.39 is 0 Å². The maximum Gasteiger partial charge on any atom is 0.119 e. The predicted octanol–water partition coefficient (Wildman–Crippen LogP) is 4.27. The molecule has 0 aliphatic heterocycles. The molecule has 0 unspecified atom stereocenters. The molecule has 0 amide bonds. The molecule has 0 bridgehead atoms. The van der Waals surface area contributed by atoms with E-state index in [-0.39, 0.29) is 0 Å². The van der Waals surface area contributed by atoms with Crippen LogP contribution in [0.5, 0.6) is 11.5 Å². The highest BCUT2D eigenvalue weighted by Crippen LogP contribution is 2.17. The standard InChI is InChI=1S/C18H23NO2/c1-3-12-20-17-7-9-18(10-8-17)21-13-11-19-16-6-4-5-15(2)14-16/h4-10,14,19H,3,11-13H2,1-2H3. The number of aryl methyl sites for hydroxylation is 1. The third-order valence-electron chi connectivity index (χ3n) is 3.01. The van der Waals surface area contributed by atoms with Crippen molar-refractivity contribution < 1.29 is 9.47 Å². The molecule has 0 saturated heterocycles. The molecular weight excluding hydrogens is 262 g/mol. The van der Waals surface area contributed by atoms with Crippen molar-refractivity contribution in [2.45, 2.75) is 20.3 Å². The first-order chi connectivity index (χ1) is 10.3. The summed E-state index contributed by atoms with van der Waals surface area (Å²) < 4.78 is 11.2. The minimum absolute atomic E-state index is 0.628. The van der Waals surface area contributed by atoms with E-state index in [9.17, 15) is 0 Å². The van der Waals surface area contributed by atoms with Crippen molar-refractivity contribution in [1.82, 2.24) is 0 Å². The molecule has 0 radical (unpaired) electrons. The van der Waals surface area contributed by atoms with Crippen molar-refractivity contribution >= 4 is 5.69 Å². The van der Waals surface area contributed by atoms with Crippen LogP contribution in [0.2, 0.25) is 0 Å². The zero-order chi connectivity index (χ0) is 14.9. The van der Waals surface area contributed by atoms with Crippen LogP contribution in [0.4, 0.5) is 5.69 Å². The molecule has 3 heteroatoms. The van der Waals surface area contributed by atoms with Gasteiger partial charge >= 0.3 is 0 Å². The Labute approximate surface area is 126 Å². The topological polar surface area (TPSA) is 30.5 Å². The van der Waals surface area contributed by atoms with Crippen LogP contribution in [0.25, 0.3) is 0 Å². The number of rotatable bonds is 8. The molecule has 2 aromatic carbocycles. The van der Waals surface area contributed by atoms with Crippen LogP contribution >= 0.6 is 0 Å². The molecule has 0 heterocycles. The second-order valence-electron chi connectivity index (χ2n) is 4.96. The molecular formula is C18H23NO2. The molecule has 0 aliphatic rings. The van der Waals surface area contributed by atoms with E-state index in [1.165, 1.54) is 5.56 Å². The van der Waals surface area contributed by atoms with Crippen molar-refractivity contribution in [1.29, 1.82) is 0 Å². The minimum atomic E-state index is 0.628. The summed E-state index contributed by atoms with van der Waals surface area (Å²) in [5.74, 6) is 1.76. The molecule has 0 fully saturated rings. The Morgan fingerprint density at radius 1 is 0.905 bits per heavy atom.